The molecule has 2 aromatic carbocycles. The predicted octanol–water partition coefficient (Wildman–Crippen LogP) is 2.38. The van der Waals surface area contributed by atoms with E-state index in [-0.39, 0.29) is 11.5 Å². The van der Waals surface area contributed by atoms with Gasteiger partial charge in [0, 0.05) is 16.3 Å². The average molecular weight is 232 g/mol. The van der Waals surface area contributed by atoms with Crippen LogP contribution in [-0.2, 0) is 0 Å². The monoisotopic (exact) mass is 232 g/mol. The lowest BCUT2D eigenvalue weighted by atomic mass is 10.0. The van der Waals surface area contributed by atoms with Crippen LogP contribution in [0, 0.1) is 0 Å². The van der Waals surface area contributed by atoms with E-state index in [1.807, 2.05) is 0 Å². The Morgan fingerprint density at radius 3 is 2.47 bits per heavy atom. The third kappa shape index (κ3) is 1.67. The quantitative estimate of drug-likeness (QED) is 0.825. The molecule has 0 saturated carbocycles. The first kappa shape index (κ1) is 11.3. The molecule has 0 aliphatic heterocycles. The molecule has 17 heavy (non-hydrogen) atoms. The minimum absolute atomic E-state index is 0.00648. The van der Waals surface area contributed by atoms with Crippen LogP contribution in [0.5, 0.6) is 17.2 Å². The minimum Gasteiger partial charge on any atom is -0.504 e. The average Bonchev–Trinajstić information content (AvgIpc) is 2.39. The van der Waals surface area contributed by atoms with Crippen molar-refractivity contribution in [3.63, 3.8) is 0 Å². The molecule has 0 radical (unpaired) electrons. The van der Waals surface area contributed by atoms with Crippen molar-refractivity contribution in [2.75, 3.05) is 14.2 Å². The Morgan fingerprint density at radius 2 is 1.88 bits per heavy atom. The molecule has 0 atom stereocenters. The molecule has 0 aromatic heterocycles. The summed E-state index contributed by atoms with van der Waals surface area (Å²) in [6, 6.07) is 6.69. The van der Waals surface area contributed by atoms with Gasteiger partial charge in [-0.3, -0.25) is 4.79 Å². The summed E-state index contributed by atoms with van der Waals surface area (Å²) < 4.78 is 10.2. The van der Waals surface area contributed by atoms with Gasteiger partial charge in [-0.15, -0.1) is 0 Å². The number of phenolic OH excluding ortho intramolecular Hbond substituents is 1. The number of rotatable bonds is 3. The number of ether oxygens (including phenoxy) is 2. The lowest BCUT2D eigenvalue weighted by Gasteiger charge is -2.11. The van der Waals surface area contributed by atoms with E-state index < -0.39 is 0 Å². The maximum atomic E-state index is 11.1. The first-order valence-corrected chi connectivity index (χ1v) is 5.04. The van der Waals surface area contributed by atoms with E-state index in [9.17, 15) is 9.90 Å². The zero-order valence-electron chi connectivity index (χ0n) is 9.56. The van der Waals surface area contributed by atoms with Gasteiger partial charge in [-0.05, 0) is 12.1 Å². The maximum Gasteiger partial charge on any atom is 0.165 e. The lowest BCUT2D eigenvalue weighted by Crippen LogP contribution is -1.93. The van der Waals surface area contributed by atoms with E-state index in [0.29, 0.717) is 28.4 Å². The molecule has 2 aromatic rings. The summed E-state index contributed by atoms with van der Waals surface area (Å²) in [6.07, 6.45) is 0.715. The molecule has 2 rings (SSSR count). The first-order chi connectivity index (χ1) is 8.22. The van der Waals surface area contributed by atoms with Crippen molar-refractivity contribution >= 4 is 17.1 Å². The molecule has 1 N–H and O–H groups in total. The van der Waals surface area contributed by atoms with Crippen LogP contribution in [-0.4, -0.2) is 25.6 Å². The molecule has 0 aliphatic carbocycles. The number of aldehydes is 1. The van der Waals surface area contributed by atoms with Crippen LogP contribution in [0.3, 0.4) is 0 Å². The van der Waals surface area contributed by atoms with Gasteiger partial charge in [-0.25, -0.2) is 0 Å². The van der Waals surface area contributed by atoms with Crippen LogP contribution in [0.4, 0.5) is 0 Å². The minimum atomic E-state index is 0.00648. The van der Waals surface area contributed by atoms with Crippen LogP contribution < -0.4 is 9.47 Å². The van der Waals surface area contributed by atoms with Gasteiger partial charge in [0.2, 0.25) is 0 Å². The largest absolute Gasteiger partial charge is 0.504 e. The van der Waals surface area contributed by atoms with Gasteiger partial charge in [-0.2, -0.15) is 0 Å². The number of methoxy groups -OCH3 is 2. The van der Waals surface area contributed by atoms with Gasteiger partial charge in [-0.1, -0.05) is 12.1 Å². The van der Waals surface area contributed by atoms with Gasteiger partial charge in [0.25, 0.3) is 0 Å². The second-order valence-corrected chi connectivity index (χ2v) is 3.52. The summed E-state index contributed by atoms with van der Waals surface area (Å²) in [5.74, 6) is 0.822. The third-order valence-corrected chi connectivity index (χ3v) is 2.66. The number of benzene rings is 2. The SMILES string of the molecule is COc1cc(C=O)c2c(OC)cccc2c1O. The van der Waals surface area contributed by atoms with Crippen LogP contribution in [0.25, 0.3) is 10.8 Å². The second-order valence-electron chi connectivity index (χ2n) is 3.52. The first-order valence-electron chi connectivity index (χ1n) is 5.04. The third-order valence-electron chi connectivity index (χ3n) is 2.66. The van der Waals surface area contributed by atoms with Crippen molar-refractivity contribution in [2.45, 2.75) is 0 Å². The van der Waals surface area contributed by atoms with Crippen molar-refractivity contribution < 1.29 is 19.4 Å². The summed E-state index contributed by atoms with van der Waals surface area (Å²) in [4.78, 5) is 11.1. The Bertz CT molecular complexity index is 575. The van der Waals surface area contributed by atoms with Crippen molar-refractivity contribution in [1.82, 2.24) is 0 Å². The van der Waals surface area contributed by atoms with E-state index in [1.165, 1.54) is 20.3 Å². The smallest absolute Gasteiger partial charge is 0.165 e. The summed E-state index contributed by atoms with van der Waals surface area (Å²) in [5.41, 5.74) is 0.423. The molecule has 0 saturated heterocycles. The summed E-state index contributed by atoms with van der Waals surface area (Å²) >= 11 is 0. The van der Waals surface area contributed by atoms with Gasteiger partial charge < -0.3 is 14.6 Å². The molecule has 0 fully saturated rings. The highest BCUT2D eigenvalue weighted by atomic mass is 16.5. The number of aromatic hydroxyl groups is 1. The fraction of sp³-hybridized carbons (Fsp3) is 0.154. The standard InChI is InChI=1S/C13H12O4/c1-16-10-5-3-4-9-12(10)8(7-14)6-11(17-2)13(9)15/h3-7,15H,1-2H3. The fourth-order valence-corrected chi connectivity index (χ4v) is 1.86. The fourth-order valence-electron chi connectivity index (χ4n) is 1.86. The lowest BCUT2D eigenvalue weighted by molar-refractivity contribution is 0.112. The van der Waals surface area contributed by atoms with Gasteiger partial charge in [0.15, 0.2) is 17.8 Å². The number of phenols is 1. The van der Waals surface area contributed by atoms with E-state index in [0.717, 1.165) is 0 Å². The molecule has 88 valence electrons. The molecule has 0 amide bonds. The molecule has 4 heteroatoms. The molecule has 0 unspecified atom stereocenters. The Morgan fingerprint density at radius 1 is 1.18 bits per heavy atom. The van der Waals surface area contributed by atoms with Crippen molar-refractivity contribution in [1.29, 1.82) is 0 Å². The number of hydrogen-bond acceptors (Lipinski definition) is 4. The molecule has 0 spiro atoms. The van der Waals surface area contributed by atoms with Crippen LogP contribution in [0.2, 0.25) is 0 Å². The van der Waals surface area contributed by atoms with E-state index in [4.69, 9.17) is 9.47 Å². The zero-order valence-corrected chi connectivity index (χ0v) is 9.56. The highest BCUT2D eigenvalue weighted by Crippen LogP contribution is 2.40. The Labute approximate surface area is 98.4 Å². The van der Waals surface area contributed by atoms with Crippen LogP contribution >= 0.6 is 0 Å². The molecule has 0 bridgehead atoms. The van der Waals surface area contributed by atoms with Crippen LogP contribution in [0.15, 0.2) is 24.3 Å². The normalized spacial score (nSPS) is 10.2. The number of carbonyl (C=O) groups excluding carboxylic acids is 1. The summed E-state index contributed by atoms with van der Waals surface area (Å²) in [7, 11) is 2.96. The Kier molecular flexibility index (Phi) is 2.87. The van der Waals surface area contributed by atoms with Gasteiger partial charge >= 0.3 is 0 Å². The second kappa shape index (κ2) is 4.33. The maximum absolute atomic E-state index is 11.1. The summed E-state index contributed by atoms with van der Waals surface area (Å²) in [6.45, 7) is 0. The Balaban J connectivity index is 2.93. The molecular formula is C13H12O4. The van der Waals surface area contributed by atoms with Crippen molar-refractivity contribution in [3.05, 3.63) is 29.8 Å². The number of hydrogen-bond donors (Lipinski definition) is 1. The van der Waals surface area contributed by atoms with E-state index in [2.05, 4.69) is 0 Å². The highest BCUT2D eigenvalue weighted by molar-refractivity contribution is 6.05. The predicted molar refractivity (Wildman–Crippen MR) is 64.1 cm³/mol. The number of fused-ring (bicyclic) bond motifs is 1. The molecular weight excluding hydrogens is 220 g/mol. The topological polar surface area (TPSA) is 55.8 Å². The summed E-state index contributed by atoms with van der Waals surface area (Å²) in [5, 5.41) is 11.1. The van der Waals surface area contributed by atoms with Crippen molar-refractivity contribution in [3.8, 4) is 17.2 Å². The zero-order chi connectivity index (χ0) is 12.4. The number of carbonyl (C=O) groups is 1. The molecule has 0 aliphatic rings. The van der Waals surface area contributed by atoms with Gasteiger partial charge in [0.05, 0.1) is 14.2 Å². The van der Waals surface area contributed by atoms with Crippen molar-refractivity contribution in [2.24, 2.45) is 0 Å². The van der Waals surface area contributed by atoms with E-state index in [1.54, 1.807) is 18.2 Å². The molecule has 4 nitrogen and oxygen atoms in total. The molecule has 0 heterocycles. The van der Waals surface area contributed by atoms with Gasteiger partial charge in [0.1, 0.15) is 5.75 Å². The van der Waals surface area contributed by atoms with Crippen LogP contribution in [0.1, 0.15) is 10.4 Å². The van der Waals surface area contributed by atoms with E-state index >= 15 is 0 Å². The Hall–Kier alpha value is -2.23. The highest BCUT2D eigenvalue weighted by Gasteiger charge is 2.14.